The minimum atomic E-state index is -2.81. The third-order valence-corrected chi connectivity index (χ3v) is 3.73. The van der Waals surface area contributed by atoms with E-state index in [-0.39, 0.29) is 5.75 Å². The van der Waals surface area contributed by atoms with Crippen LogP contribution in [0.4, 0.5) is 8.78 Å². The van der Waals surface area contributed by atoms with Gasteiger partial charge in [-0.3, -0.25) is 4.90 Å². The van der Waals surface area contributed by atoms with Gasteiger partial charge in [0.25, 0.3) is 0 Å². The Labute approximate surface area is 122 Å². The summed E-state index contributed by atoms with van der Waals surface area (Å²) in [6.07, 6.45) is 1.12. The third kappa shape index (κ3) is 4.30. The van der Waals surface area contributed by atoms with Gasteiger partial charge in [0.15, 0.2) is 0 Å². The van der Waals surface area contributed by atoms with E-state index in [9.17, 15) is 8.78 Å². The van der Waals surface area contributed by atoms with Crippen LogP contribution in [-0.2, 0) is 6.54 Å². The molecule has 0 amide bonds. The lowest BCUT2D eigenvalue weighted by Crippen LogP contribution is -2.24. The van der Waals surface area contributed by atoms with Crippen molar-refractivity contribution in [3.05, 3.63) is 28.8 Å². The SMILES string of the molecule is CNCC1CCN(Cc2cc(Cl)ccc2OC(F)F)C1. The van der Waals surface area contributed by atoms with Crippen molar-refractivity contribution in [3.8, 4) is 5.75 Å². The van der Waals surface area contributed by atoms with Crippen molar-refractivity contribution in [2.75, 3.05) is 26.7 Å². The summed E-state index contributed by atoms with van der Waals surface area (Å²) in [5, 5.41) is 3.70. The fourth-order valence-corrected chi connectivity index (χ4v) is 2.83. The highest BCUT2D eigenvalue weighted by Gasteiger charge is 2.23. The molecule has 1 saturated heterocycles. The monoisotopic (exact) mass is 304 g/mol. The van der Waals surface area contributed by atoms with Gasteiger partial charge in [-0.15, -0.1) is 0 Å². The van der Waals surface area contributed by atoms with E-state index in [2.05, 4.69) is 15.0 Å². The summed E-state index contributed by atoms with van der Waals surface area (Å²) in [5.74, 6) is 0.820. The maximum absolute atomic E-state index is 12.4. The van der Waals surface area contributed by atoms with Gasteiger partial charge in [0.05, 0.1) is 0 Å². The first-order valence-corrected chi connectivity index (χ1v) is 7.06. The van der Waals surface area contributed by atoms with Gasteiger partial charge < -0.3 is 10.1 Å². The summed E-state index contributed by atoms with van der Waals surface area (Å²) in [5.41, 5.74) is 0.711. The first kappa shape index (κ1) is 15.5. The summed E-state index contributed by atoms with van der Waals surface area (Å²) in [6.45, 7) is 0.675. The number of likely N-dealkylation sites (tertiary alicyclic amines) is 1. The van der Waals surface area contributed by atoms with Crippen molar-refractivity contribution >= 4 is 11.6 Å². The van der Waals surface area contributed by atoms with Gasteiger partial charge in [-0.05, 0) is 50.7 Å². The fourth-order valence-electron chi connectivity index (χ4n) is 2.64. The number of ether oxygens (including phenoxy) is 1. The molecule has 0 aromatic heterocycles. The summed E-state index contributed by atoms with van der Waals surface area (Å²) in [6, 6.07) is 4.77. The highest BCUT2D eigenvalue weighted by molar-refractivity contribution is 6.30. The molecule has 112 valence electrons. The van der Waals surface area contributed by atoms with Gasteiger partial charge in [-0.2, -0.15) is 8.78 Å². The standard InChI is InChI=1S/C14H19ClF2N2O/c1-18-7-10-4-5-19(8-10)9-11-6-12(15)2-3-13(11)20-14(16)17/h2-3,6,10,14,18H,4-5,7-9H2,1H3. The van der Waals surface area contributed by atoms with Gasteiger partial charge in [0, 0.05) is 23.7 Å². The van der Waals surface area contributed by atoms with Crippen molar-refractivity contribution in [1.29, 1.82) is 0 Å². The second-order valence-corrected chi connectivity index (χ2v) is 5.51. The Morgan fingerprint density at radius 1 is 1.50 bits per heavy atom. The molecule has 1 unspecified atom stereocenters. The molecule has 1 fully saturated rings. The van der Waals surface area contributed by atoms with E-state index in [0.29, 0.717) is 23.0 Å². The average molecular weight is 305 g/mol. The molecule has 1 aliphatic rings. The molecule has 0 bridgehead atoms. The minimum Gasteiger partial charge on any atom is -0.434 e. The summed E-state index contributed by atoms with van der Waals surface area (Å²) < 4.78 is 29.4. The Morgan fingerprint density at radius 2 is 2.30 bits per heavy atom. The van der Waals surface area contributed by atoms with Crippen LogP contribution in [0.15, 0.2) is 18.2 Å². The molecule has 3 nitrogen and oxygen atoms in total. The third-order valence-electron chi connectivity index (χ3n) is 3.50. The molecule has 2 rings (SSSR count). The van der Waals surface area contributed by atoms with Crippen LogP contribution in [0.1, 0.15) is 12.0 Å². The molecule has 20 heavy (non-hydrogen) atoms. The zero-order valence-corrected chi connectivity index (χ0v) is 12.2. The fraction of sp³-hybridized carbons (Fsp3) is 0.571. The molecule has 1 aromatic rings. The molecule has 1 N–H and O–H groups in total. The Kier molecular flexibility index (Phi) is 5.57. The smallest absolute Gasteiger partial charge is 0.387 e. The summed E-state index contributed by atoms with van der Waals surface area (Å²) in [4.78, 5) is 2.24. The maximum atomic E-state index is 12.4. The molecular weight excluding hydrogens is 286 g/mol. The van der Waals surface area contributed by atoms with Crippen LogP contribution >= 0.6 is 11.6 Å². The quantitative estimate of drug-likeness (QED) is 0.874. The number of hydrogen-bond donors (Lipinski definition) is 1. The molecule has 6 heteroatoms. The molecule has 1 atom stereocenters. The first-order chi connectivity index (χ1) is 9.58. The van der Waals surface area contributed by atoms with Crippen LogP contribution in [0.3, 0.4) is 0 Å². The second-order valence-electron chi connectivity index (χ2n) is 5.08. The topological polar surface area (TPSA) is 24.5 Å². The van der Waals surface area contributed by atoms with Crippen LogP contribution in [0, 0.1) is 5.92 Å². The average Bonchev–Trinajstić information content (AvgIpc) is 2.80. The number of rotatable bonds is 6. The van der Waals surface area contributed by atoms with Gasteiger partial charge >= 0.3 is 6.61 Å². The molecule has 1 aromatic carbocycles. The van der Waals surface area contributed by atoms with E-state index in [4.69, 9.17) is 11.6 Å². The first-order valence-electron chi connectivity index (χ1n) is 6.68. The van der Waals surface area contributed by atoms with Crippen LogP contribution < -0.4 is 10.1 Å². The number of benzene rings is 1. The molecule has 0 radical (unpaired) electrons. The van der Waals surface area contributed by atoms with E-state index >= 15 is 0 Å². The highest BCUT2D eigenvalue weighted by atomic mass is 35.5. The Hall–Kier alpha value is -0.910. The normalized spacial score (nSPS) is 19.8. The van der Waals surface area contributed by atoms with E-state index in [0.717, 1.165) is 26.1 Å². The molecular formula is C14H19ClF2N2O. The van der Waals surface area contributed by atoms with Crippen LogP contribution in [-0.4, -0.2) is 38.2 Å². The van der Waals surface area contributed by atoms with Crippen molar-refractivity contribution in [2.45, 2.75) is 19.6 Å². The molecule has 0 aliphatic carbocycles. The van der Waals surface area contributed by atoms with Crippen LogP contribution in [0.25, 0.3) is 0 Å². The van der Waals surface area contributed by atoms with E-state index < -0.39 is 6.61 Å². The predicted octanol–water partition coefficient (Wildman–Crippen LogP) is 2.98. The Bertz CT molecular complexity index is 445. The molecule has 1 heterocycles. The number of alkyl halides is 2. The van der Waals surface area contributed by atoms with Crippen LogP contribution in [0.2, 0.25) is 5.02 Å². The number of nitrogens with one attached hydrogen (secondary N) is 1. The lowest BCUT2D eigenvalue weighted by molar-refractivity contribution is -0.0507. The predicted molar refractivity (Wildman–Crippen MR) is 75.4 cm³/mol. The molecule has 1 aliphatic heterocycles. The lowest BCUT2D eigenvalue weighted by Gasteiger charge is -2.18. The van der Waals surface area contributed by atoms with Crippen molar-refractivity contribution in [1.82, 2.24) is 10.2 Å². The van der Waals surface area contributed by atoms with E-state index in [1.807, 2.05) is 7.05 Å². The highest BCUT2D eigenvalue weighted by Crippen LogP contribution is 2.27. The van der Waals surface area contributed by atoms with Crippen molar-refractivity contribution < 1.29 is 13.5 Å². The maximum Gasteiger partial charge on any atom is 0.387 e. The Balaban J connectivity index is 2.03. The minimum absolute atomic E-state index is 0.210. The second kappa shape index (κ2) is 7.20. The van der Waals surface area contributed by atoms with Gasteiger partial charge in [-0.1, -0.05) is 11.6 Å². The van der Waals surface area contributed by atoms with Crippen LogP contribution in [0.5, 0.6) is 5.75 Å². The molecule has 0 spiro atoms. The van der Waals surface area contributed by atoms with Gasteiger partial charge in [-0.25, -0.2) is 0 Å². The van der Waals surface area contributed by atoms with Crippen molar-refractivity contribution in [3.63, 3.8) is 0 Å². The summed E-state index contributed by atoms with van der Waals surface area (Å²) >= 11 is 5.95. The number of halogens is 3. The zero-order valence-electron chi connectivity index (χ0n) is 11.4. The number of hydrogen-bond acceptors (Lipinski definition) is 3. The largest absolute Gasteiger partial charge is 0.434 e. The summed E-state index contributed by atoms with van der Waals surface area (Å²) in [7, 11) is 1.94. The zero-order chi connectivity index (χ0) is 14.5. The number of nitrogens with zero attached hydrogens (tertiary/aromatic N) is 1. The van der Waals surface area contributed by atoms with Crippen molar-refractivity contribution in [2.24, 2.45) is 5.92 Å². The van der Waals surface area contributed by atoms with E-state index in [1.54, 1.807) is 12.1 Å². The Morgan fingerprint density at radius 3 is 3.00 bits per heavy atom. The molecule has 0 saturated carbocycles. The lowest BCUT2D eigenvalue weighted by atomic mass is 10.1. The van der Waals surface area contributed by atoms with Gasteiger partial charge in [0.1, 0.15) is 5.75 Å². The van der Waals surface area contributed by atoms with Gasteiger partial charge in [0.2, 0.25) is 0 Å². The van der Waals surface area contributed by atoms with E-state index in [1.165, 1.54) is 6.07 Å².